The molecule has 0 aromatic carbocycles. The minimum absolute atomic E-state index is 0.361. The SMILES string of the molecule is Cc1cc(C)nc(SCc2csc(C(=O)NN)n2)n1. The maximum Gasteiger partial charge on any atom is 0.294 e. The molecule has 0 saturated heterocycles. The van der Waals surface area contributed by atoms with E-state index in [1.807, 2.05) is 25.3 Å². The van der Waals surface area contributed by atoms with E-state index in [1.165, 1.54) is 23.1 Å². The van der Waals surface area contributed by atoms with E-state index in [9.17, 15) is 4.79 Å². The molecule has 0 spiro atoms. The Morgan fingerprint density at radius 1 is 1.37 bits per heavy atom. The molecule has 0 atom stereocenters. The number of hydrogen-bond donors (Lipinski definition) is 2. The number of nitrogen functional groups attached to an aromatic ring is 1. The normalized spacial score (nSPS) is 10.5. The summed E-state index contributed by atoms with van der Waals surface area (Å²) in [6, 6.07) is 1.93. The Kier molecular flexibility index (Phi) is 4.46. The van der Waals surface area contributed by atoms with Crippen LogP contribution in [0.1, 0.15) is 26.9 Å². The molecule has 3 N–H and O–H groups in total. The lowest BCUT2D eigenvalue weighted by Crippen LogP contribution is -2.29. The fraction of sp³-hybridized carbons (Fsp3) is 0.273. The van der Waals surface area contributed by atoms with Crippen LogP contribution in [-0.2, 0) is 5.75 Å². The summed E-state index contributed by atoms with van der Waals surface area (Å²) in [5.41, 5.74) is 4.76. The molecule has 0 aliphatic carbocycles. The molecule has 1 amide bonds. The molecule has 0 radical (unpaired) electrons. The third kappa shape index (κ3) is 3.72. The highest BCUT2D eigenvalue weighted by Crippen LogP contribution is 2.21. The largest absolute Gasteiger partial charge is 0.294 e. The molecular weight excluding hydrogens is 282 g/mol. The highest BCUT2D eigenvalue weighted by atomic mass is 32.2. The molecule has 2 aromatic heterocycles. The van der Waals surface area contributed by atoms with Crippen LogP contribution in [0.25, 0.3) is 0 Å². The van der Waals surface area contributed by atoms with E-state index in [1.54, 1.807) is 0 Å². The van der Waals surface area contributed by atoms with E-state index in [2.05, 4.69) is 20.4 Å². The smallest absolute Gasteiger partial charge is 0.288 e. The summed E-state index contributed by atoms with van der Waals surface area (Å²) in [6.07, 6.45) is 0. The van der Waals surface area contributed by atoms with Crippen molar-refractivity contribution in [3.05, 3.63) is 33.5 Å². The van der Waals surface area contributed by atoms with Crippen molar-refractivity contribution in [2.75, 3.05) is 0 Å². The molecule has 2 rings (SSSR count). The number of hydrogen-bond acceptors (Lipinski definition) is 7. The Morgan fingerprint density at radius 3 is 2.68 bits per heavy atom. The van der Waals surface area contributed by atoms with Crippen LogP contribution in [0.5, 0.6) is 0 Å². The van der Waals surface area contributed by atoms with Crippen LogP contribution in [0.3, 0.4) is 0 Å². The molecule has 2 aromatic rings. The summed E-state index contributed by atoms with van der Waals surface area (Å²) in [6.45, 7) is 3.87. The van der Waals surface area contributed by atoms with E-state index in [0.29, 0.717) is 10.8 Å². The monoisotopic (exact) mass is 295 g/mol. The Bertz CT molecular complexity index is 578. The molecule has 19 heavy (non-hydrogen) atoms. The zero-order valence-corrected chi connectivity index (χ0v) is 12.1. The van der Waals surface area contributed by atoms with Gasteiger partial charge in [-0.15, -0.1) is 11.3 Å². The molecule has 0 fully saturated rings. The second kappa shape index (κ2) is 6.09. The second-order valence-corrected chi connectivity index (χ2v) is 5.64. The van der Waals surface area contributed by atoms with Crippen molar-refractivity contribution < 1.29 is 4.79 Å². The number of nitrogens with one attached hydrogen (secondary N) is 1. The average Bonchev–Trinajstić information content (AvgIpc) is 2.83. The van der Waals surface area contributed by atoms with E-state index in [0.717, 1.165) is 22.2 Å². The first-order chi connectivity index (χ1) is 9.08. The molecule has 8 heteroatoms. The number of carbonyl (C=O) groups is 1. The van der Waals surface area contributed by atoms with Gasteiger partial charge in [-0.25, -0.2) is 20.8 Å². The third-order valence-corrected chi connectivity index (χ3v) is 3.96. The van der Waals surface area contributed by atoms with Crippen LogP contribution in [0.15, 0.2) is 16.6 Å². The van der Waals surface area contributed by atoms with Crippen molar-refractivity contribution in [1.29, 1.82) is 0 Å². The van der Waals surface area contributed by atoms with Crippen LogP contribution in [0.4, 0.5) is 0 Å². The first-order valence-corrected chi connectivity index (χ1v) is 7.35. The van der Waals surface area contributed by atoms with Gasteiger partial charge in [0, 0.05) is 22.5 Å². The molecule has 0 saturated carbocycles. The zero-order chi connectivity index (χ0) is 13.8. The quantitative estimate of drug-likeness (QED) is 0.291. The van der Waals surface area contributed by atoms with Crippen molar-refractivity contribution in [2.24, 2.45) is 5.84 Å². The Morgan fingerprint density at radius 2 is 2.05 bits per heavy atom. The number of thiazole rings is 1. The molecule has 100 valence electrons. The lowest BCUT2D eigenvalue weighted by molar-refractivity contribution is 0.0953. The van der Waals surface area contributed by atoms with Crippen LogP contribution in [0, 0.1) is 13.8 Å². The lowest BCUT2D eigenvalue weighted by atomic mass is 10.4. The van der Waals surface area contributed by atoms with Crippen molar-refractivity contribution in [1.82, 2.24) is 20.4 Å². The van der Waals surface area contributed by atoms with Gasteiger partial charge in [0.1, 0.15) is 0 Å². The number of rotatable bonds is 4. The Hall–Kier alpha value is -1.51. The van der Waals surface area contributed by atoms with Crippen molar-refractivity contribution >= 4 is 29.0 Å². The first-order valence-electron chi connectivity index (χ1n) is 5.49. The fourth-order valence-corrected chi connectivity index (χ4v) is 3.10. The number of thioether (sulfide) groups is 1. The number of aryl methyl sites for hydroxylation is 2. The van der Waals surface area contributed by atoms with Gasteiger partial charge in [-0.3, -0.25) is 10.2 Å². The maximum atomic E-state index is 11.3. The summed E-state index contributed by atoms with van der Waals surface area (Å²) < 4.78 is 0. The van der Waals surface area contributed by atoms with Gasteiger partial charge in [0.2, 0.25) is 0 Å². The highest BCUT2D eigenvalue weighted by Gasteiger charge is 2.10. The van der Waals surface area contributed by atoms with E-state index >= 15 is 0 Å². The van der Waals surface area contributed by atoms with E-state index in [4.69, 9.17) is 5.84 Å². The number of nitrogens with zero attached hydrogens (tertiary/aromatic N) is 3. The summed E-state index contributed by atoms with van der Waals surface area (Å²) in [7, 11) is 0. The molecule has 0 aliphatic rings. The van der Waals surface area contributed by atoms with Crippen LogP contribution >= 0.6 is 23.1 Å². The van der Waals surface area contributed by atoms with Crippen LogP contribution in [-0.4, -0.2) is 20.9 Å². The predicted molar refractivity (Wildman–Crippen MR) is 74.8 cm³/mol. The number of amides is 1. The maximum absolute atomic E-state index is 11.3. The van der Waals surface area contributed by atoms with E-state index in [-0.39, 0.29) is 5.91 Å². The van der Waals surface area contributed by atoms with Crippen molar-refractivity contribution in [3.8, 4) is 0 Å². The number of nitrogens with two attached hydrogens (primary N) is 1. The van der Waals surface area contributed by atoms with Crippen LogP contribution < -0.4 is 11.3 Å². The van der Waals surface area contributed by atoms with Crippen molar-refractivity contribution in [2.45, 2.75) is 24.8 Å². The van der Waals surface area contributed by atoms with Gasteiger partial charge < -0.3 is 0 Å². The molecule has 0 aliphatic heterocycles. The van der Waals surface area contributed by atoms with Crippen LogP contribution in [0.2, 0.25) is 0 Å². The number of carbonyl (C=O) groups excluding carboxylic acids is 1. The fourth-order valence-electron chi connectivity index (χ4n) is 1.44. The predicted octanol–water partition coefficient (Wildman–Crippen LogP) is 1.45. The summed E-state index contributed by atoms with van der Waals surface area (Å²) in [5.74, 6) is 5.30. The Labute approximate surface area is 118 Å². The molecule has 2 heterocycles. The standard InChI is InChI=1S/C11H13N5OS2/c1-6-3-7(2)14-11(13-6)19-5-8-4-18-10(15-8)9(17)16-12/h3-4H,5,12H2,1-2H3,(H,16,17). The Balaban J connectivity index is 2.02. The number of hydrazine groups is 1. The number of aromatic nitrogens is 3. The minimum Gasteiger partial charge on any atom is -0.288 e. The third-order valence-electron chi connectivity index (χ3n) is 2.19. The highest BCUT2D eigenvalue weighted by molar-refractivity contribution is 7.98. The van der Waals surface area contributed by atoms with Gasteiger partial charge >= 0.3 is 0 Å². The second-order valence-electron chi connectivity index (χ2n) is 3.84. The topological polar surface area (TPSA) is 93.8 Å². The first kappa shape index (κ1) is 13.9. The summed E-state index contributed by atoms with van der Waals surface area (Å²) in [4.78, 5) is 24.1. The molecule has 0 bridgehead atoms. The molecule has 0 unspecified atom stereocenters. The summed E-state index contributed by atoms with van der Waals surface area (Å²) >= 11 is 2.76. The summed E-state index contributed by atoms with van der Waals surface area (Å²) in [5, 5.41) is 2.91. The van der Waals surface area contributed by atoms with E-state index < -0.39 is 0 Å². The zero-order valence-electron chi connectivity index (χ0n) is 10.5. The van der Waals surface area contributed by atoms with Gasteiger partial charge in [-0.05, 0) is 19.9 Å². The van der Waals surface area contributed by atoms with Crippen molar-refractivity contribution in [3.63, 3.8) is 0 Å². The van der Waals surface area contributed by atoms with Gasteiger partial charge in [0.05, 0.1) is 5.69 Å². The molecule has 6 nitrogen and oxygen atoms in total. The minimum atomic E-state index is -0.371. The van der Waals surface area contributed by atoms with Gasteiger partial charge in [-0.2, -0.15) is 0 Å². The van der Waals surface area contributed by atoms with Gasteiger partial charge in [-0.1, -0.05) is 11.8 Å². The molecular formula is C11H13N5OS2. The van der Waals surface area contributed by atoms with Gasteiger partial charge in [0.25, 0.3) is 5.91 Å². The lowest BCUT2D eigenvalue weighted by Gasteiger charge is -2.01. The average molecular weight is 295 g/mol. The van der Waals surface area contributed by atoms with Gasteiger partial charge in [0.15, 0.2) is 10.2 Å².